The van der Waals surface area contributed by atoms with Crippen molar-refractivity contribution in [3.8, 4) is 11.3 Å². The number of nitrogens with one attached hydrogen (secondary N) is 3. The monoisotopic (exact) mass is 426 g/mol. The summed E-state index contributed by atoms with van der Waals surface area (Å²) < 4.78 is 7.55. The Hall–Kier alpha value is -3.31. The zero-order valence-corrected chi connectivity index (χ0v) is 17.9. The number of aromatic nitrogens is 6. The average Bonchev–Trinajstić information content (AvgIpc) is 3.39. The van der Waals surface area contributed by atoms with Crippen LogP contribution in [0.25, 0.3) is 21.5 Å². The Bertz CT molecular complexity index is 1190. The number of methoxy groups -OCH3 is 1. The first-order chi connectivity index (χ1) is 14.4. The third kappa shape index (κ3) is 4.02. The molecule has 0 unspecified atom stereocenters. The second-order valence-electron chi connectivity index (χ2n) is 7.05. The van der Waals surface area contributed by atoms with Crippen molar-refractivity contribution in [2.75, 3.05) is 17.7 Å². The summed E-state index contributed by atoms with van der Waals surface area (Å²) >= 11 is 1.55. The maximum atomic E-state index is 12.6. The van der Waals surface area contributed by atoms with Gasteiger partial charge in [0.25, 0.3) is 5.91 Å². The van der Waals surface area contributed by atoms with Gasteiger partial charge in [-0.2, -0.15) is 10.2 Å². The molecule has 4 aromatic heterocycles. The number of aryl methyl sites for hydroxylation is 1. The lowest BCUT2D eigenvalue weighted by Crippen LogP contribution is -2.16. The summed E-state index contributed by atoms with van der Waals surface area (Å²) in [6, 6.07) is 3.71. The predicted octanol–water partition coefficient (Wildman–Crippen LogP) is 3.03. The summed E-state index contributed by atoms with van der Waals surface area (Å²) in [5.41, 5.74) is 3.60. The summed E-state index contributed by atoms with van der Waals surface area (Å²) in [7, 11) is 3.30. The number of carbonyl (C=O) groups is 1. The minimum absolute atomic E-state index is 0.231. The van der Waals surface area contributed by atoms with E-state index in [1.54, 1.807) is 43.8 Å². The van der Waals surface area contributed by atoms with Crippen molar-refractivity contribution in [2.24, 2.45) is 7.05 Å². The van der Waals surface area contributed by atoms with E-state index in [0.717, 1.165) is 21.5 Å². The molecule has 0 saturated carbocycles. The van der Waals surface area contributed by atoms with Crippen LogP contribution < -0.4 is 10.6 Å². The minimum atomic E-state index is -0.300. The first-order valence-electron chi connectivity index (χ1n) is 9.34. The third-order valence-electron chi connectivity index (χ3n) is 4.30. The van der Waals surface area contributed by atoms with Crippen molar-refractivity contribution in [2.45, 2.75) is 26.5 Å². The smallest absolute Gasteiger partial charge is 0.275 e. The molecular weight excluding hydrogens is 404 g/mol. The van der Waals surface area contributed by atoms with Gasteiger partial charge in [0.1, 0.15) is 5.69 Å². The number of aromatic amines is 1. The number of carbonyl (C=O) groups excluding carboxylic acids is 1. The highest BCUT2D eigenvalue weighted by atomic mass is 32.1. The fraction of sp³-hybridized carbons (Fsp3) is 0.316. The Balaban J connectivity index is 1.56. The van der Waals surface area contributed by atoms with Crippen LogP contribution in [0, 0.1) is 0 Å². The van der Waals surface area contributed by atoms with Crippen molar-refractivity contribution in [1.82, 2.24) is 29.9 Å². The summed E-state index contributed by atoms with van der Waals surface area (Å²) in [6.07, 6.45) is 1.81. The van der Waals surface area contributed by atoms with E-state index in [1.165, 1.54) is 4.68 Å². The van der Waals surface area contributed by atoms with Crippen LogP contribution in [0.4, 0.5) is 11.8 Å². The highest BCUT2D eigenvalue weighted by Crippen LogP contribution is 2.32. The van der Waals surface area contributed by atoms with E-state index < -0.39 is 0 Å². The Morgan fingerprint density at radius 1 is 1.37 bits per heavy atom. The van der Waals surface area contributed by atoms with E-state index >= 15 is 0 Å². The average molecular weight is 427 g/mol. The number of fused-ring (bicyclic) bond motifs is 1. The second-order valence-corrected chi connectivity index (χ2v) is 7.96. The zero-order chi connectivity index (χ0) is 21.3. The molecule has 10 nitrogen and oxygen atoms in total. The van der Waals surface area contributed by atoms with Crippen LogP contribution >= 0.6 is 11.3 Å². The van der Waals surface area contributed by atoms with Gasteiger partial charge in [-0.05, 0) is 19.9 Å². The van der Waals surface area contributed by atoms with E-state index in [-0.39, 0.29) is 11.9 Å². The lowest BCUT2D eigenvalue weighted by molar-refractivity contribution is 0.101. The fourth-order valence-corrected chi connectivity index (χ4v) is 3.87. The Labute approximate surface area is 176 Å². The summed E-state index contributed by atoms with van der Waals surface area (Å²) in [4.78, 5) is 21.6. The third-order valence-corrected chi connectivity index (χ3v) is 5.20. The van der Waals surface area contributed by atoms with Crippen LogP contribution in [-0.4, -0.2) is 49.0 Å². The van der Waals surface area contributed by atoms with Crippen molar-refractivity contribution in [3.63, 3.8) is 0 Å². The Kier molecular flexibility index (Phi) is 5.46. The van der Waals surface area contributed by atoms with E-state index in [4.69, 9.17) is 4.74 Å². The number of ether oxygens (including phenoxy) is 1. The SMILES string of the molecule is COCc1cc(C(=O)Nc2cc(-c3csc4cnc(NC(C)C)nc34)[nH]n2)n(C)n1. The summed E-state index contributed by atoms with van der Waals surface area (Å²) in [5, 5.41) is 19.5. The van der Waals surface area contributed by atoms with E-state index in [0.29, 0.717) is 29.8 Å². The molecule has 0 spiro atoms. The maximum Gasteiger partial charge on any atom is 0.275 e. The van der Waals surface area contributed by atoms with Crippen LogP contribution in [0.15, 0.2) is 23.7 Å². The number of thiophene rings is 1. The van der Waals surface area contributed by atoms with Gasteiger partial charge in [0.2, 0.25) is 5.95 Å². The van der Waals surface area contributed by atoms with Gasteiger partial charge in [0.05, 0.1) is 34.4 Å². The quantitative estimate of drug-likeness (QED) is 0.415. The molecule has 0 radical (unpaired) electrons. The van der Waals surface area contributed by atoms with Gasteiger partial charge in [-0.15, -0.1) is 11.3 Å². The molecule has 0 atom stereocenters. The van der Waals surface area contributed by atoms with Gasteiger partial charge in [0, 0.05) is 37.2 Å². The molecule has 11 heteroatoms. The van der Waals surface area contributed by atoms with Crippen molar-refractivity contribution >= 4 is 39.2 Å². The Morgan fingerprint density at radius 2 is 2.20 bits per heavy atom. The molecule has 0 aromatic carbocycles. The van der Waals surface area contributed by atoms with Gasteiger partial charge in [-0.1, -0.05) is 0 Å². The van der Waals surface area contributed by atoms with Crippen molar-refractivity contribution in [1.29, 1.82) is 0 Å². The molecule has 4 aromatic rings. The standard InChI is InChI=1S/C19H22N8O2S/c1-10(2)21-19-20-7-15-17(23-19)12(9-30-15)13-6-16(25-24-13)22-18(28)14-5-11(8-29-4)26-27(14)3/h5-7,9-10H,8H2,1-4H3,(H,20,21,23)(H2,22,24,25,28). The van der Waals surface area contributed by atoms with Crippen LogP contribution in [0.5, 0.6) is 0 Å². The number of hydrogen-bond donors (Lipinski definition) is 3. The molecule has 3 N–H and O–H groups in total. The van der Waals surface area contributed by atoms with Gasteiger partial charge in [-0.3, -0.25) is 14.6 Å². The predicted molar refractivity (Wildman–Crippen MR) is 116 cm³/mol. The van der Waals surface area contributed by atoms with Crippen LogP contribution in [0.1, 0.15) is 30.0 Å². The van der Waals surface area contributed by atoms with Gasteiger partial charge in [0.15, 0.2) is 5.82 Å². The Morgan fingerprint density at radius 3 is 2.97 bits per heavy atom. The molecule has 0 saturated heterocycles. The molecule has 0 bridgehead atoms. The number of hydrogen-bond acceptors (Lipinski definition) is 8. The van der Waals surface area contributed by atoms with E-state index in [1.807, 2.05) is 19.2 Å². The molecule has 156 valence electrons. The van der Waals surface area contributed by atoms with Crippen LogP contribution in [-0.2, 0) is 18.4 Å². The topological polar surface area (TPSA) is 123 Å². The molecule has 0 aliphatic carbocycles. The maximum absolute atomic E-state index is 12.6. The summed E-state index contributed by atoms with van der Waals surface area (Å²) in [6.45, 7) is 4.41. The minimum Gasteiger partial charge on any atom is -0.378 e. The molecule has 4 rings (SSSR count). The number of H-pyrrole nitrogens is 1. The van der Waals surface area contributed by atoms with E-state index in [2.05, 4.69) is 35.9 Å². The molecular formula is C19H22N8O2S. The van der Waals surface area contributed by atoms with Crippen LogP contribution in [0.3, 0.4) is 0 Å². The molecule has 0 fully saturated rings. The highest BCUT2D eigenvalue weighted by molar-refractivity contribution is 7.17. The number of rotatable bonds is 7. The number of anilines is 2. The fourth-order valence-electron chi connectivity index (χ4n) is 3.01. The number of amides is 1. The second kappa shape index (κ2) is 8.20. The molecule has 0 aliphatic heterocycles. The lowest BCUT2D eigenvalue weighted by Gasteiger charge is -2.07. The van der Waals surface area contributed by atoms with Gasteiger partial charge in [-0.25, -0.2) is 9.97 Å². The first kappa shape index (κ1) is 20.0. The summed E-state index contributed by atoms with van der Waals surface area (Å²) in [5.74, 6) is 0.693. The molecule has 4 heterocycles. The molecule has 30 heavy (non-hydrogen) atoms. The number of nitrogens with zero attached hydrogens (tertiary/aromatic N) is 5. The van der Waals surface area contributed by atoms with Gasteiger partial charge < -0.3 is 15.4 Å². The van der Waals surface area contributed by atoms with E-state index in [9.17, 15) is 4.79 Å². The molecule has 1 amide bonds. The van der Waals surface area contributed by atoms with Crippen LogP contribution in [0.2, 0.25) is 0 Å². The normalized spacial score (nSPS) is 11.4. The largest absolute Gasteiger partial charge is 0.378 e. The zero-order valence-electron chi connectivity index (χ0n) is 17.1. The van der Waals surface area contributed by atoms with Gasteiger partial charge >= 0.3 is 0 Å². The molecule has 0 aliphatic rings. The lowest BCUT2D eigenvalue weighted by atomic mass is 10.2. The van der Waals surface area contributed by atoms with Crippen molar-refractivity contribution < 1.29 is 9.53 Å². The van der Waals surface area contributed by atoms with Crippen molar-refractivity contribution in [3.05, 3.63) is 35.1 Å². The first-order valence-corrected chi connectivity index (χ1v) is 10.2. The highest BCUT2D eigenvalue weighted by Gasteiger charge is 2.17.